The molecule has 0 amide bonds. The first-order chi connectivity index (χ1) is 15.1. The van der Waals surface area contributed by atoms with Gasteiger partial charge in [-0.05, 0) is 36.8 Å². The summed E-state index contributed by atoms with van der Waals surface area (Å²) in [6, 6.07) is 20.9. The number of rotatable bonds is 6. The summed E-state index contributed by atoms with van der Waals surface area (Å²) in [5.74, 6) is 1.39. The van der Waals surface area contributed by atoms with E-state index in [4.69, 9.17) is 26.1 Å². The summed E-state index contributed by atoms with van der Waals surface area (Å²) in [4.78, 5) is 4.99. The molecule has 0 saturated carbocycles. The fourth-order valence-electron chi connectivity index (χ4n) is 3.87. The van der Waals surface area contributed by atoms with E-state index in [-0.39, 0.29) is 18.0 Å². The molecule has 4 rings (SSSR count). The van der Waals surface area contributed by atoms with Gasteiger partial charge in [-0.2, -0.15) is 0 Å². The van der Waals surface area contributed by atoms with Gasteiger partial charge in [0.15, 0.2) is 11.5 Å². The van der Waals surface area contributed by atoms with Gasteiger partial charge in [0.25, 0.3) is 0 Å². The van der Waals surface area contributed by atoms with Gasteiger partial charge in [-0.3, -0.25) is 10.3 Å². The lowest BCUT2D eigenvalue weighted by Gasteiger charge is -2.31. The first kappa shape index (κ1) is 21.2. The lowest BCUT2D eigenvalue weighted by molar-refractivity contribution is 0.313. The summed E-state index contributed by atoms with van der Waals surface area (Å²) < 4.78 is 11.2. The second-order valence-corrected chi connectivity index (χ2v) is 7.71. The summed E-state index contributed by atoms with van der Waals surface area (Å²) >= 11 is 6.09. The van der Waals surface area contributed by atoms with Crippen LogP contribution in [0.15, 0.2) is 71.7 Å². The van der Waals surface area contributed by atoms with Crippen LogP contribution in [0.1, 0.15) is 42.2 Å². The van der Waals surface area contributed by atoms with Crippen molar-refractivity contribution in [1.29, 1.82) is 0 Å². The van der Waals surface area contributed by atoms with Crippen molar-refractivity contribution in [3.05, 3.63) is 88.4 Å². The van der Waals surface area contributed by atoms with Crippen LogP contribution in [-0.4, -0.2) is 24.5 Å². The van der Waals surface area contributed by atoms with E-state index < -0.39 is 0 Å². The SMILES string of the molecule is CCOc1cccc([C@H]2CC(c3ccc(Cl)cc3)=N[C@H](c3ccccc3OC)N2)c1O. The molecule has 1 heterocycles. The Bertz CT molecular complexity index is 1080. The molecule has 6 heteroatoms. The molecule has 0 aromatic heterocycles. The third-order valence-corrected chi connectivity index (χ3v) is 5.61. The van der Waals surface area contributed by atoms with E-state index in [1.54, 1.807) is 13.2 Å². The second-order valence-electron chi connectivity index (χ2n) is 7.28. The first-order valence-electron chi connectivity index (χ1n) is 10.3. The van der Waals surface area contributed by atoms with Crippen LogP contribution in [0.3, 0.4) is 0 Å². The number of phenolic OH excluding ortho intramolecular Hbond substituents is 1. The molecular formula is C25H25ClN2O3. The van der Waals surface area contributed by atoms with Crippen LogP contribution in [0.2, 0.25) is 5.02 Å². The van der Waals surface area contributed by atoms with Crippen LogP contribution in [0, 0.1) is 0 Å². The van der Waals surface area contributed by atoms with Crippen molar-refractivity contribution in [2.75, 3.05) is 13.7 Å². The Balaban J connectivity index is 1.78. The molecule has 0 spiro atoms. The molecule has 0 fully saturated rings. The van der Waals surface area contributed by atoms with Gasteiger partial charge in [-0.15, -0.1) is 0 Å². The van der Waals surface area contributed by atoms with E-state index in [0.29, 0.717) is 23.8 Å². The topological polar surface area (TPSA) is 63.1 Å². The quantitative estimate of drug-likeness (QED) is 0.522. The van der Waals surface area contributed by atoms with Gasteiger partial charge >= 0.3 is 0 Å². The Morgan fingerprint density at radius 1 is 1.00 bits per heavy atom. The number of benzene rings is 3. The minimum Gasteiger partial charge on any atom is -0.504 e. The molecule has 0 saturated heterocycles. The van der Waals surface area contributed by atoms with Gasteiger partial charge in [-0.1, -0.05) is 54.1 Å². The Morgan fingerprint density at radius 3 is 2.45 bits per heavy atom. The number of para-hydroxylation sites is 2. The van der Waals surface area contributed by atoms with Crippen LogP contribution < -0.4 is 14.8 Å². The average molecular weight is 437 g/mol. The predicted molar refractivity (Wildman–Crippen MR) is 123 cm³/mol. The van der Waals surface area contributed by atoms with Crippen LogP contribution in [-0.2, 0) is 0 Å². The number of halogens is 1. The summed E-state index contributed by atoms with van der Waals surface area (Å²) in [5.41, 5.74) is 3.63. The highest BCUT2D eigenvalue weighted by Crippen LogP contribution is 2.40. The predicted octanol–water partition coefficient (Wildman–Crippen LogP) is 5.68. The molecule has 2 N–H and O–H groups in total. The molecule has 1 aliphatic rings. The van der Waals surface area contributed by atoms with E-state index in [0.717, 1.165) is 28.2 Å². The maximum absolute atomic E-state index is 10.9. The fraction of sp³-hybridized carbons (Fsp3) is 0.240. The number of nitrogens with one attached hydrogen (secondary N) is 1. The van der Waals surface area contributed by atoms with Gasteiger partial charge in [0.2, 0.25) is 0 Å². The van der Waals surface area contributed by atoms with Crippen molar-refractivity contribution >= 4 is 17.3 Å². The number of ether oxygens (including phenoxy) is 2. The van der Waals surface area contributed by atoms with Gasteiger partial charge in [0.1, 0.15) is 11.9 Å². The Hall–Kier alpha value is -3.02. The highest BCUT2D eigenvalue weighted by atomic mass is 35.5. The van der Waals surface area contributed by atoms with E-state index >= 15 is 0 Å². The van der Waals surface area contributed by atoms with Crippen LogP contribution in [0.5, 0.6) is 17.2 Å². The van der Waals surface area contributed by atoms with Gasteiger partial charge in [0, 0.05) is 34.3 Å². The van der Waals surface area contributed by atoms with Gasteiger partial charge in [-0.25, -0.2) is 0 Å². The Morgan fingerprint density at radius 2 is 1.71 bits per heavy atom. The van der Waals surface area contributed by atoms with Crippen LogP contribution in [0.4, 0.5) is 0 Å². The summed E-state index contributed by atoms with van der Waals surface area (Å²) in [6.45, 7) is 2.38. The molecule has 0 bridgehead atoms. The van der Waals surface area contributed by atoms with E-state index in [1.165, 1.54) is 0 Å². The van der Waals surface area contributed by atoms with E-state index in [9.17, 15) is 5.11 Å². The van der Waals surface area contributed by atoms with Gasteiger partial charge < -0.3 is 14.6 Å². The smallest absolute Gasteiger partial charge is 0.162 e. The molecule has 5 nitrogen and oxygen atoms in total. The van der Waals surface area contributed by atoms with E-state index in [1.807, 2.05) is 67.6 Å². The highest BCUT2D eigenvalue weighted by molar-refractivity contribution is 6.30. The number of aromatic hydroxyl groups is 1. The molecular weight excluding hydrogens is 412 g/mol. The van der Waals surface area contributed by atoms with Crippen molar-refractivity contribution < 1.29 is 14.6 Å². The maximum atomic E-state index is 10.9. The zero-order chi connectivity index (χ0) is 21.8. The fourth-order valence-corrected chi connectivity index (χ4v) is 3.99. The van der Waals surface area contributed by atoms with Gasteiger partial charge in [0.05, 0.1) is 13.7 Å². The highest BCUT2D eigenvalue weighted by Gasteiger charge is 2.29. The number of nitrogens with zero attached hydrogens (tertiary/aromatic N) is 1. The zero-order valence-electron chi connectivity index (χ0n) is 17.5. The van der Waals surface area contributed by atoms with Crippen molar-refractivity contribution in [1.82, 2.24) is 5.32 Å². The van der Waals surface area contributed by atoms with Crippen LogP contribution >= 0.6 is 11.6 Å². The summed E-state index contributed by atoms with van der Waals surface area (Å²) in [6.07, 6.45) is 0.270. The molecule has 3 aromatic rings. The molecule has 0 aliphatic carbocycles. The normalized spacial score (nSPS) is 18.4. The molecule has 31 heavy (non-hydrogen) atoms. The molecule has 3 aromatic carbocycles. The third-order valence-electron chi connectivity index (χ3n) is 5.36. The largest absolute Gasteiger partial charge is 0.504 e. The minimum absolute atomic E-state index is 0.151. The standard InChI is InChI=1S/C25H25ClN2O3/c1-3-31-23-10-6-8-18(24(23)29)21-15-20(16-11-13-17(26)14-12-16)27-25(28-21)19-7-4-5-9-22(19)30-2/h4-14,21,25,28-29H,3,15H2,1-2H3/t21-,25+/m1/s1. The van der Waals surface area contributed by atoms with Crippen molar-refractivity contribution in [3.63, 3.8) is 0 Å². The zero-order valence-corrected chi connectivity index (χ0v) is 18.3. The Kier molecular flexibility index (Phi) is 6.44. The van der Waals surface area contributed by atoms with E-state index in [2.05, 4.69) is 5.32 Å². The summed E-state index contributed by atoms with van der Waals surface area (Å²) in [7, 11) is 1.65. The summed E-state index contributed by atoms with van der Waals surface area (Å²) in [5, 5.41) is 15.1. The Labute approximate surface area is 187 Å². The monoisotopic (exact) mass is 436 g/mol. The third kappa shape index (κ3) is 4.53. The molecule has 0 unspecified atom stereocenters. The number of hydrogen-bond acceptors (Lipinski definition) is 5. The number of methoxy groups -OCH3 is 1. The lowest BCUT2D eigenvalue weighted by Crippen LogP contribution is -2.33. The minimum atomic E-state index is -0.337. The average Bonchev–Trinajstić information content (AvgIpc) is 2.80. The van der Waals surface area contributed by atoms with Crippen molar-refractivity contribution in [3.8, 4) is 17.2 Å². The lowest BCUT2D eigenvalue weighted by atomic mass is 9.93. The number of hydrogen-bond donors (Lipinski definition) is 2. The van der Waals surface area contributed by atoms with Crippen molar-refractivity contribution in [2.45, 2.75) is 25.6 Å². The van der Waals surface area contributed by atoms with Crippen molar-refractivity contribution in [2.24, 2.45) is 4.99 Å². The molecule has 1 aliphatic heterocycles. The molecule has 0 radical (unpaired) electrons. The number of aliphatic imine (C=N–C) groups is 1. The first-order valence-corrected chi connectivity index (χ1v) is 10.6. The molecule has 2 atom stereocenters. The number of phenols is 1. The second kappa shape index (κ2) is 9.41. The molecule has 160 valence electrons. The maximum Gasteiger partial charge on any atom is 0.162 e. The van der Waals surface area contributed by atoms with Crippen LogP contribution in [0.25, 0.3) is 0 Å².